The molecule has 2 heterocycles. The summed E-state index contributed by atoms with van der Waals surface area (Å²) in [6.07, 6.45) is 0.241. The maximum Gasteiger partial charge on any atom is 0.228 e. The van der Waals surface area contributed by atoms with Gasteiger partial charge in [0, 0.05) is 24.5 Å². The summed E-state index contributed by atoms with van der Waals surface area (Å²) < 4.78 is 20.3. The first-order valence-electron chi connectivity index (χ1n) is 8.93. The summed E-state index contributed by atoms with van der Waals surface area (Å²) in [5.41, 5.74) is 2.43. The van der Waals surface area contributed by atoms with Crippen molar-refractivity contribution in [2.75, 3.05) is 23.3 Å². The zero-order valence-electron chi connectivity index (χ0n) is 15.6. The maximum atomic E-state index is 14.6. The van der Waals surface area contributed by atoms with Crippen LogP contribution >= 0.6 is 11.6 Å². The lowest BCUT2D eigenvalue weighted by Crippen LogP contribution is -2.45. The number of aryl methyl sites for hydroxylation is 1. The molecule has 1 N–H and O–H groups in total. The Labute approximate surface area is 163 Å². The minimum atomic E-state index is -0.363. The van der Waals surface area contributed by atoms with Crippen molar-refractivity contribution in [3.8, 4) is 0 Å². The lowest BCUT2D eigenvalue weighted by atomic mass is 10.1. The topological polar surface area (TPSA) is 54.5 Å². The average molecular weight is 392 g/mol. The Morgan fingerprint density at radius 3 is 2.63 bits per heavy atom. The van der Waals surface area contributed by atoms with Crippen LogP contribution in [0.3, 0.4) is 0 Å². The van der Waals surface area contributed by atoms with Crippen molar-refractivity contribution in [3.05, 3.63) is 52.6 Å². The Balaban J connectivity index is 1.67. The molecule has 0 bridgehead atoms. The Bertz CT molecular complexity index is 836. The van der Waals surface area contributed by atoms with Gasteiger partial charge in [-0.15, -0.1) is 0 Å². The van der Waals surface area contributed by atoms with Gasteiger partial charge in [0.05, 0.1) is 24.3 Å². The van der Waals surface area contributed by atoms with Crippen molar-refractivity contribution in [3.63, 3.8) is 0 Å². The number of anilines is 2. The number of ether oxygens (including phenoxy) is 1. The van der Waals surface area contributed by atoms with Gasteiger partial charge in [0.15, 0.2) is 0 Å². The highest BCUT2D eigenvalue weighted by molar-refractivity contribution is 6.29. The second-order valence-electron chi connectivity index (χ2n) is 6.93. The van der Waals surface area contributed by atoms with Crippen LogP contribution in [0.4, 0.5) is 15.8 Å². The molecule has 0 aliphatic carbocycles. The van der Waals surface area contributed by atoms with Gasteiger partial charge in [0.1, 0.15) is 11.0 Å². The van der Waals surface area contributed by atoms with Gasteiger partial charge in [-0.1, -0.05) is 17.7 Å². The largest absolute Gasteiger partial charge is 0.372 e. The number of amides is 1. The van der Waals surface area contributed by atoms with Crippen molar-refractivity contribution in [1.29, 1.82) is 0 Å². The molecule has 0 unspecified atom stereocenters. The van der Waals surface area contributed by atoms with Crippen LogP contribution in [0.5, 0.6) is 0 Å². The summed E-state index contributed by atoms with van der Waals surface area (Å²) in [5.74, 6) is -0.596. The van der Waals surface area contributed by atoms with Gasteiger partial charge in [-0.3, -0.25) is 4.79 Å². The van der Waals surface area contributed by atoms with Gasteiger partial charge >= 0.3 is 0 Å². The zero-order valence-corrected chi connectivity index (χ0v) is 16.4. The summed E-state index contributed by atoms with van der Waals surface area (Å²) in [4.78, 5) is 18.4. The summed E-state index contributed by atoms with van der Waals surface area (Å²) >= 11 is 5.83. The van der Waals surface area contributed by atoms with E-state index in [4.69, 9.17) is 16.3 Å². The highest BCUT2D eigenvalue weighted by Gasteiger charge is 2.24. The Morgan fingerprint density at radius 2 is 2.00 bits per heavy atom. The molecule has 1 aliphatic rings. The van der Waals surface area contributed by atoms with Crippen molar-refractivity contribution >= 4 is 28.9 Å². The number of hydrogen-bond donors (Lipinski definition) is 1. The second kappa shape index (κ2) is 8.23. The predicted octanol–water partition coefficient (Wildman–Crippen LogP) is 3.98. The van der Waals surface area contributed by atoms with Crippen molar-refractivity contribution < 1.29 is 13.9 Å². The molecule has 1 amide bonds. The number of benzene rings is 1. The first kappa shape index (κ1) is 19.6. The van der Waals surface area contributed by atoms with Gasteiger partial charge in [0.25, 0.3) is 0 Å². The fourth-order valence-corrected chi connectivity index (χ4v) is 3.53. The number of hydrogen-bond acceptors (Lipinski definition) is 4. The third kappa shape index (κ3) is 4.96. The van der Waals surface area contributed by atoms with E-state index in [-0.39, 0.29) is 30.4 Å². The summed E-state index contributed by atoms with van der Waals surface area (Å²) in [7, 11) is 0. The molecule has 1 saturated heterocycles. The SMILES string of the molecule is Cc1nc(Cl)ccc1CC(=O)Nc1ccc(N2C[C@H](C)O[C@@H](C)C2)c(F)c1. The highest BCUT2D eigenvalue weighted by Crippen LogP contribution is 2.26. The fourth-order valence-electron chi connectivity index (χ4n) is 3.34. The molecule has 1 aliphatic heterocycles. The first-order valence-corrected chi connectivity index (χ1v) is 9.31. The number of nitrogens with zero attached hydrogens (tertiary/aromatic N) is 2. The van der Waals surface area contributed by atoms with Gasteiger partial charge in [0.2, 0.25) is 5.91 Å². The van der Waals surface area contributed by atoms with Crippen LogP contribution in [-0.2, 0) is 16.0 Å². The fraction of sp³-hybridized carbons (Fsp3) is 0.400. The molecule has 7 heteroatoms. The molecule has 27 heavy (non-hydrogen) atoms. The standard InChI is InChI=1S/C20H23ClFN3O2/c1-12-10-25(11-13(2)27-12)18-6-5-16(9-17(18)22)24-20(26)8-15-4-7-19(21)23-14(15)3/h4-7,9,12-13H,8,10-11H2,1-3H3,(H,24,26)/t12-,13-/m0/s1. The molecule has 1 fully saturated rings. The molecule has 2 aromatic rings. The van der Waals surface area contributed by atoms with E-state index in [1.165, 1.54) is 6.07 Å². The number of aromatic nitrogens is 1. The van der Waals surface area contributed by atoms with E-state index in [0.29, 0.717) is 35.3 Å². The lowest BCUT2D eigenvalue weighted by Gasteiger charge is -2.37. The minimum absolute atomic E-state index is 0.0451. The highest BCUT2D eigenvalue weighted by atomic mass is 35.5. The summed E-state index contributed by atoms with van der Waals surface area (Å²) in [6, 6.07) is 8.19. The van der Waals surface area contributed by atoms with Crippen molar-refractivity contribution in [2.24, 2.45) is 0 Å². The molecule has 0 spiro atoms. The monoisotopic (exact) mass is 391 g/mol. The molecule has 1 aromatic carbocycles. The zero-order chi connectivity index (χ0) is 19.6. The molecule has 144 valence electrons. The average Bonchev–Trinajstić information content (AvgIpc) is 2.56. The van der Waals surface area contributed by atoms with E-state index in [0.717, 1.165) is 5.56 Å². The summed E-state index contributed by atoms with van der Waals surface area (Å²) in [5, 5.41) is 3.13. The Morgan fingerprint density at radius 1 is 1.30 bits per heavy atom. The van der Waals surface area contributed by atoms with Crippen LogP contribution in [0.1, 0.15) is 25.1 Å². The second-order valence-corrected chi connectivity index (χ2v) is 7.32. The lowest BCUT2D eigenvalue weighted by molar-refractivity contribution is -0.115. The van der Waals surface area contributed by atoms with Gasteiger partial charge in [-0.2, -0.15) is 0 Å². The number of pyridine rings is 1. The van der Waals surface area contributed by atoms with E-state index < -0.39 is 0 Å². The molecular formula is C20H23ClFN3O2. The maximum absolute atomic E-state index is 14.6. The number of nitrogens with one attached hydrogen (secondary N) is 1. The predicted molar refractivity (Wildman–Crippen MR) is 105 cm³/mol. The number of carbonyl (C=O) groups excluding carboxylic acids is 1. The van der Waals surface area contributed by atoms with Crippen molar-refractivity contribution in [1.82, 2.24) is 4.98 Å². The third-order valence-electron chi connectivity index (χ3n) is 4.50. The molecule has 2 atom stereocenters. The molecule has 1 aromatic heterocycles. The van der Waals surface area contributed by atoms with E-state index in [2.05, 4.69) is 10.3 Å². The molecule has 0 saturated carbocycles. The molecule has 3 rings (SSSR count). The smallest absolute Gasteiger partial charge is 0.228 e. The van der Waals surface area contributed by atoms with E-state index >= 15 is 0 Å². The van der Waals surface area contributed by atoms with Gasteiger partial charge < -0.3 is 15.0 Å². The molecule has 5 nitrogen and oxygen atoms in total. The third-order valence-corrected chi connectivity index (χ3v) is 4.71. The number of halogens is 2. The minimum Gasteiger partial charge on any atom is -0.372 e. The van der Waals surface area contributed by atoms with Crippen molar-refractivity contribution in [2.45, 2.75) is 39.4 Å². The number of carbonyl (C=O) groups is 1. The normalized spacial score (nSPS) is 19.8. The van der Waals surface area contributed by atoms with E-state index in [9.17, 15) is 9.18 Å². The number of morpholine rings is 1. The van der Waals surface area contributed by atoms with Crippen LogP contribution in [0.15, 0.2) is 30.3 Å². The van der Waals surface area contributed by atoms with E-state index in [1.807, 2.05) is 18.7 Å². The van der Waals surface area contributed by atoms with E-state index in [1.54, 1.807) is 31.2 Å². The van der Waals surface area contributed by atoms with Crippen LogP contribution < -0.4 is 10.2 Å². The Hall–Kier alpha value is -2.18. The first-order chi connectivity index (χ1) is 12.8. The summed E-state index contributed by atoms with van der Waals surface area (Å²) in [6.45, 7) is 7.02. The number of rotatable bonds is 4. The van der Waals surface area contributed by atoms with Crippen LogP contribution in [0, 0.1) is 12.7 Å². The quantitative estimate of drug-likeness (QED) is 0.801. The van der Waals surface area contributed by atoms with Gasteiger partial charge in [-0.25, -0.2) is 9.37 Å². The molecular weight excluding hydrogens is 369 g/mol. The Kier molecular flexibility index (Phi) is 5.97. The molecule has 0 radical (unpaired) electrons. The van der Waals surface area contributed by atoms with Crippen LogP contribution in [0.25, 0.3) is 0 Å². The van der Waals surface area contributed by atoms with Crippen LogP contribution in [0.2, 0.25) is 5.15 Å². The van der Waals surface area contributed by atoms with Crippen LogP contribution in [-0.4, -0.2) is 36.2 Å². The van der Waals surface area contributed by atoms with Gasteiger partial charge in [-0.05, 0) is 50.6 Å².